The summed E-state index contributed by atoms with van der Waals surface area (Å²) in [6.07, 6.45) is 2.75. The largest absolute Gasteiger partial charge is 0.497 e. The molecule has 4 nitrogen and oxygen atoms in total. The summed E-state index contributed by atoms with van der Waals surface area (Å²) in [6, 6.07) is 18.0. The molecule has 3 aromatic rings. The van der Waals surface area contributed by atoms with Crippen LogP contribution in [0.1, 0.15) is 41.2 Å². The van der Waals surface area contributed by atoms with Crippen LogP contribution in [0.15, 0.2) is 60.0 Å². The Balaban J connectivity index is 1.66. The van der Waals surface area contributed by atoms with Crippen LogP contribution >= 0.6 is 11.3 Å². The number of nitrogens with one attached hydrogen (secondary N) is 1. The minimum Gasteiger partial charge on any atom is -0.497 e. The van der Waals surface area contributed by atoms with Crippen molar-refractivity contribution in [3.63, 3.8) is 0 Å². The minimum atomic E-state index is -0.106. The molecule has 1 amide bonds. The number of aryl methyl sites for hydroxylation is 2. The van der Waals surface area contributed by atoms with Crippen molar-refractivity contribution in [2.45, 2.75) is 38.6 Å². The van der Waals surface area contributed by atoms with Gasteiger partial charge in [-0.2, -0.15) is 0 Å². The van der Waals surface area contributed by atoms with Crippen molar-refractivity contribution in [2.75, 3.05) is 7.11 Å². The molecule has 0 saturated heterocycles. The molecule has 0 aliphatic rings. The Hall–Kier alpha value is -2.66. The maximum absolute atomic E-state index is 12.7. The van der Waals surface area contributed by atoms with E-state index in [2.05, 4.69) is 29.8 Å². The minimum absolute atomic E-state index is 0.0389. The van der Waals surface area contributed by atoms with Crippen molar-refractivity contribution in [3.05, 3.63) is 81.8 Å². The summed E-state index contributed by atoms with van der Waals surface area (Å²) in [6.45, 7) is 2.09. The molecule has 1 atom stereocenters. The van der Waals surface area contributed by atoms with Gasteiger partial charge in [-0.05, 0) is 42.5 Å². The number of carbonyl (C=O) groups excluding carboxylic acids is 1. The Labute approximate surface area is 170 Å². The van der Waals surface area contributed by atoms with Crippen LogP contribution in [0.25, 0.3) is 0 Å². The first-order chi connectivity index (χ1) is 13.7. The predicted octanol–water partition coefficient (Wildman–Crippen LogP) is 4.75. The average Bonchev–Trinajstić information content (AvgIpc) is 3.22. The SMILES string of the molecule is CCc1csc([C@H](Cc2ccccc2)NC(=O)CCc2cccc(OC)c2)n1. The van der Waals surface area contributed by atoms with Crippen molar-refractivity contribution in [3.8, 4) is 5.75 Å². The van der Waals surface area contributed by atoms with Crippen molar-refractivity contribution < 1.29 is 9.53 Å². The summed E-state index contributed by atoms with van der Waals surface area (Å²) >= 11 is 1.62. The quantitative estimate of drug-likeness (QED) is 0.570. The first kappa shape index (κ1) is 20.1. The summed E-state index contributed by atoms with van der Waals surface area (Å²) in [7, 11) is 1.65. The molecular weight excluding hydrogens is 368 g/mol. The Morgan fingerprint density at radius 2 is 1.93 bits per heavy atom. The van der Waals surface area contributed by atoms with Gasteiger partial charge in [-0.1, -0.05) is 49.4 Å². The number of hydrogen-bond acceptors (Lipinski definition) is 4. The van der Waals surface area contributed by atoms with Gasteiger partial charge in [-0.3, -0.25) is 4.79 Å². The van der Waals surface area contributed by atoms with E-state index in [4.69, 9.17) is 9.72 Å². The monoisotopic (exact) mass is 394 g/mol. The average molecular weight is 395 g/mol. The van der Waals surface area contributed by atoms with Crippen LogP contribution in [-0.4, -0.2) is 18.0 Å². The molecule has 1 aromatic heterocycles. The molecule has 0 fully saturated rings. The molecule has 28 heavy (non-hydrogen) atoms. The summed E-state index contributed by atoms with van der Waals surface area (Å²) in [4.78, 5) is 17.4. The second-order valence-electron chi connectivity index (χ2n) is 6.69. The number of benzene rings is 2. The third kappa shape index (κ3) is 5.67. The third-order valence-electron chi connectivity index (χ3n) is 4.62. The van der Waals surface area contributed by atoms with E-state index in [9.17, 15) is 4.79 Å². The highest BCUT2D eigenvalue weighted by Gasteiger charge is 2.19. The van der Waals surface area contributed by atoms with Gasteiger partial charge in [-0.15, -0.1) is 11.3 Å². The molecule has 2 aromatic carbocycles. The number of nitrogens with zero attached hydrogens (tertiary/aromatic N) is 1. The first-order valence-electron chi connectivity index (χ1n) is 9.58. The number of hydrogen-bond donors (Lipinski definition) is 1. The fourth-order valence-corrected chi connectivity index (χ4v) is 4.00. The van der Waals surface area contributed by atoms with E-state index in [1.54, 1.807) is 18.4 Å². The van der Waals surface area contributed by atoms with Gasteiger partial charge in [0, 0.05) is 11.8 Å². The van der Waals surface area contributed by atoms with Crippen LogP contribution in [0.4, 0.5) is 0 Å². The zero-order chi connectivity index (χ0) is 19.8. The van der Waals surface area contributed by atoms with Crippen molar-refractivity contribution in [1.29, 1.82) is 0 Å². The normalized spacial score (nSPS) is 11.8. The molecule has 5 heteroatoms. The van der Waals surface area contributed by atoms with Gasteiger partial charge in [0.15, 0.2) is 0 Å². The number of methoxy groups -OCH3 is 1. The highest BCUT2D eigenvalue weighted by Crippen LogP contribution is 2.23. The molecule has 0 unspecified atom stereocenters. The van der Waals surface area contributed by atoms with Gasteiger partial charge in [0.1, 0.15) is 10.8 Å². The first-order valence-corrected chi connectivity index (χ1v) is 10.5. The molecule has 0 aliphatic heterocycles. The number of thiazole rings is 1. The second-order valence-corrected chi connectivity index (χ2v) is 7.58. The van der Waals surface area contributed by atoms with E-state index in [0.717, 1.165) is 34.9 Å². The zero-order valence-electron chi connectivity index (χ0n) is 16.4. The lowest BCUT2D eigenvalue weighted by Crippen LogP contribution is -2.30. The van der Waals surface area contributed by atoms with Gasteiger partial charge in [-0.25, -0.2) is 4.98 Å². The van der Waals surface area contributed by atoms with E-state index in [-0.39, 0.29) is 11.9 Å². The lowest BCUT2D eigenvalue weighted by Gasteiger charge is -2.17. The summed E-state index contributed by atoms with van der Waals surface area (Å²) < 4.78 is 5.26. The Morgan fingerprint density at radius 3 is 2.64 bits per heavy atom. The molecule has 146 valence electrons. The number of carbonyl (C=O) groups is 1. The van der Waals surface area contributed by atoms with Crippen LogP contribution in [0.2, 0.25) is 0 Å². The van der Waals surface area contributed by atoms with Crippen LogP contribution in [-0.2, 0) is 24.1 Å². The van der Waals surface area contributed by atoms with E-state index < -0.39 is 0 Å². The van der Waals surface area contributed by atoms with Crippen LogP contribution < -0.4 is 10.1 Å². The standard InChI is InChI=1S/C23H26N2O2S/c1-3-19-16-28-23(24-19)21(15-17-8-5-4-6-9-17)25-22(26)13-12-18-10-7-11-20(14-18)27-2/h4-11,14,16,21H,3,12-13,15H2,1-2H3,(H,25,26)/t21-/m0/s1. The Morgan fingerprint density at radius 1 is 1.14 bits per heavy atom. The van der Waals surface area contributed by atoms with Crippen LogP contribution in [0.3, 0.4) is 0 Å². The fourth-order valence-electron chi connectivity index (χ4n) is 3.05. The van der Waals surface area contributed by atoms with Crippen molar-refractivity contribution in [1.82, 2.24) is 10.3 Å². The second kappa shape index (κ2) is 10.0. The van der Waals surface area contributed by atoms with Gasteiger partial charge in [0.05, 0.1) is 18.8 Å². The van der Waals surface area contributed by atoms with E-state index in [1.165, 1.54) is 5.56 Å². The summed E-state index contributed by atoms with van der Waals surface area (Å²) in [5, 5.41) is 6.24. The van der Waals surface area contributed by atoms with Crippen molar-refractivity contribution in [2.24, 2.45) is 0 Å². The topological polar surface area (TPSA) is 51.2 Å². The van der Waals surface area contributed by atoms with Gasteiger partial charge >= 0.3 is 0 Å². The number of rotatable bonds is 9. The van der Waals surface area contributed by atoms with Gasteiger partial charge < -0.3 is 10.1 Å². The molecule has 1 heterocycles. The molecule has 0 bridgehead atoms. The molecule has 0 aliphatic carbocycles. The van der Waals surface area contributed by atoms with E-state index in [1.807, 2.05) is 42.5 Å². The fraction of sp³-hybridized carbons (Fsp3) is 0.304. The molecule has 0 spiro atoms. The number of ether oxygens (including phenoxy) is 1. The highest BCUT2D eigenvalue weighted by molar-refractivity contribution is 7.09. The predicted molar refractivity (Wildman–Crippen MR) is 114 cm³/mol. The molecule has 1 N–H and O–H groups in total. The number of amides is 1. The number of aromatic nitrogens is 1. The lowest BCUT2D eigenvalue weighted by atomic mass is 10.1. The zero-order valence-corrected chi connectivity index (χ0v) is 17.2. The third-order valence-corrected chi connectivity index (χ3v) is 5.63. The molecule has 0 saturated carbocycles. The van der Waals surface area contributed by atoms with Crippen LogP contribution in [0.5, 0.6) is 5.75 Å². The molecule has 3 rings (SSSR count). The van der Waals surface area contributed by atoms with E-state index in [0.29, 0.717) is 12.8 Å². The Kier molecular flexibility index (Phi) is 7.20. The maximum Gasteiger partial charge on any atom is 0.220 e. The van der Waals surface area contributed by atoms with Crippen molar-refractivity contribution >= 4 is 17.2 Å². The van der Waals surface area contributed by atoms with Gasteiger partial charge in [0.2, 0.25) is 5.91 Å². The van der Waals surface area contributed by atoms with Gasteiger partial charge in [0.25, 0.3) is 0 Å². The lowest BCUT2D eigenvalue weighted by molar-refractivity contribution is -0.121. The maximum atomic E-state index is 12.7. The van der Waals surface area contributed by atoms with E-state index >= 15 is 0 Å². The summed E-state index contributed by atoms with van der Waals surface area (Å²) in [5.74, 6) is 0.853. The molecule has 0 radical (unpaired) electrons. The van der Waals surface area contributed by atoms with Crippen LogP contribution in [0, 0.1) is 0 Å². The molecular formula is C23H26N2O2S. The Bertz CT molecular complexity index is 892. The summed E-state index contributed by atoms with van der Waals surface area (Å²) in [5.41, 5.74) is 3.36. The smallest absolute Gasteiger partial charge is 0.220 e. The highest BCUT2D eigenvalue weighted by atomic mass is 32.1.